The summed E-state index contributed by atoms with van der Waals surface area (Å²) in [4.78, 5) is 12.1. The van der Waals surface area contributed by atoms with Crippen LogP contribution in [-0.4, -0.2) is 5.78 Å². The molecule has 0 aliphatic heterocycles. The maximum atomic E-state index is 12.1. The Labute approximate surface area is 104 Å². The number of ketones is 1. The molecule has 3 aliphatic rings. The second-order valence-corrected chi connectivity index (χ2v) is 6.48. The first-order valence-corrected chi connectivity index (χ1v) is 6.93. The number of carbonyl (C=O) groups is 1. The summed E-state index contributed by atoms with van der Waals surface area (Å²) in [6.07, 6.45) is 8.89. The number of hydrogen-bond acceptors (Lipinski definition) is 1. The van der Waals surface area contributed by atoms with Crippen LogP contribution in [0.2, 0.25) is 0 Å². The van der Waals surface area contributed by atoms with Gasteiger partial charge in [-0.3, -0.25) is 4.79 Å². The van der Waals surface area contributed by atoms with Gasteiger partial charge in [-0.25, -0.2) is 0 Å². The van der Waals surface area contributed by atoms with Crippen molar-refractivity contribution in [1.82, 2.24) is 0 Å². The minimum Gasteiger partial charge on any atom is -0.294 e. The molecule has 0 aromatic carbocycles. The number of fused-ring (bicyclic) bond motifs is 3. The highest BCUT2D eigenvalue weighted by atomic mass is 16.1. The van der Waals surface area contributed by atoms with E-state index < -0.39 is 0 Å². The minimum absolute atomic E-state index is 0.0628. The third kappa shape index (κ3) is 1.41. The van der Waals surface area contributed by atoms with Crippen molar-refractivity contribution in [2.45, 2.75) is 46.5 Å². The van der Waals surface area contributed by atoms with Crippen molar-refractivity contribution in [1.29, 1.82) is 0 Å². The van der Waals surface area contributed by atoms with Gasteiger partial charge in [0.05, 0.1) is 0 Å². The van der Waals surface area contributed by atoms with Crippen molar-refractivity contribution in [2.24, 2.45) is 23.2 Å². The SMILES string of the molecule is CC1=C(C)C2CCC3(C)C(=O)C=CC3C2CC1. The van der Waals surface area contributed by atoms with Crippen LogP contribution in [-0.2, 0) is 4.79 Å². The summed E-state index contributed by atoms with van der Waals surface area (Å²) >= 11 is 0. The van der Waals surface area contributed by atoms with Gasteiger partial charge >= 0.3 is 0 Å². The summed E-state index contributed by atoms with van der Waals surface area (Å²) in [6, 6.07) is 0. The molecule has 17 heavy (non-hydrogen) atoms. The van der Waals surface area contributed by atoms with E-state index in [9.17, 15) is 4.79 Å². The van der Waals surface area contributed by atoms with Crippen LogP contribution >= 0.6 is 0 Å². The molecule has 0 aromatic heterocycles. The molecule has 4 unspecified atom stereocenters. The molecule has 92 valence electrons. The summed E-state index contributed by atoms with van der Waals surface area (Å²) in [6.45, 7) is 6.79. The molecule has 0 N–H and O–H groups in total. The van der Waals surface area contributed by atoms with Crippen molar-refractivity contribution in [3.63, 3.8) is 0 Å². The first-order valence-electron chi connectivity index (χ1n) is 6.93. The summed E-state index contributed by atoms with van der Waals surface area (Å²) in [5.74, 6) is 2.36. The van der Waals surface area contributed by atoms with E-state index in [1.54, 1.807) is 11.1 Å². The Morgan fingerprint density at radius 3 is 2.82 bits per heavy atom. The van der Waals surface area contributed by atoms with Gasteiger partial charge < -0.3 is 0 Å². The van der Waals surface area contributed by atoms with Crippen molar-refractivity contribution in [3.8, 4) is 0 Å². The topological polar surface area (TPSA) is 17.1 Å². The number of rotatable bonds is 0. The summed E-state index contributed by atoms with van der Waals surface area (Å²) < 4.78 is 0. The van der Waals surface area contributed by atoms with E-state index in [1.807, 2.05) is 6.08 Å². The van der Waals surface area contributed by atoms with Gasteiger partial charge in [0.1, 0.15) is 0 Å². The molecule has 0 heterocycles. The molecule has 1 fully saturated rings. The van der Waals surface area contributed by atoms with Gasteiger partial charge in [-0.05, 0) is 63.4 Å². The highest BCUT2D eigenvalue weighted by molar-refractivity contribution is 5.97. The van der Waals surface area contributed by atoms with Crippen LogP contribution in [0, 0.1) is 23.2 Å². The zero-order valence-electron chi connectivity index (χ0n) is 11.1. The van der Waals surface area contributed by atoms with Gasteiger partial charge in [-0.1, -0.05) is 24.1 Å². The number of carbonyl (C=O) groups excluding carboxylic acids is 1. The molecule has 0 radical (unpaired) electrons. The van der Waals surface area contributed by atoms with Gasteiger partial charge in [-0.2, -0.15) is 0 Å². The number of allylic oxidation sites excluding steroid dienone is 4. The largest absolute Gasteiger partial charge is 0.294 e. The molecule has 3 aliphatic carbocycles. The van der Waals surface area contributed by atoms with E-state index in [2.05, 4.69) is 26.8 Å². The predicted octanol–water partition coefficient (Wildman–Crippen LogP) is 3.90. The fraction of sp³-hybridized carbons (Fsp3) is 0.688. The second-order valence-electron chi connectivity index (χ2n) is 6.48. The Morgan fingerprint density at radius 1 is 1.29 bits per heavy atom. The fourth-order valence-electron chi connectivity index (χ4n) is 4.40. The Hall–Kier alpha value is -0.850. The average Bonchev–Trinajstić information content (AvgIpc) is 2.61. The smallest absolute Gasteiger partial charge is 0.161 e. The van der Waals surface area contributed by atoms with Crippen molar-refractivity contribution in [3.05, 3.63) is 23.3 Å². The van der Waals surface area contributed by atoms with Crippen LogP contribution in [0.4, 0.5) is 0 Å². The van der Waals surface area contributed by atoms with Crippen LogP contribution in [0.3, 0.4) is 0 Å². The van der Waals surface area contributed by atoms with Crippen LogP contribution in [0.5, 0.6) is 0 Å². The van der Waals surface area contributed by atoms with Crippen molar-refractivity contribution in [2.75, 3.05) is 0 Å². The van der Waals surface area contributed by atoms with Crippen molar-refractivity contribution < 1.29 is 4.79 Å². The second kappa shape index (κ2) is 3.57. The predicted molar refractivity (Wildman–Crippen MR) is 69.6 cm³/mol. The lowest BCUT2D eigenvalue weighted by molar-refractivity contribution is -0.127. The van der Waals surface area contributed by atoms with Gasteiger partial charge in [-0.15, -0.1) is 0 Å². The van der Waals surface area contributed by atoms with Crippen LogP contribution in [0.25, 0.3) is 0 Å². The molecule has 1 nitrogen and oxygen atoms in total. The fourth-order valence-corrected chi connectivity index (χ4v) is 4.40. The summed E-state index contributed by atoms with van der Waals surface area (Å²) in [5.41, 5.74) is 3.16. The first kappa shape index (κ1) is 11.3. The lowest BCUT2D eigenvalue weighted by Crippen LogP contribution is -2.43. The van der Waals surface area contributed by atoms with Gasteiger partial charge in [0.25, 0.3) is 0 Å². The third-order valence-electron chi connectivity index (χ3n) is 5.79. The molecular weight excluding hydrogens is 208 g/mol. The monoisotopic (exact) mass is 230 g/mol. The Kier molecular flexibility index (Phi) is 2.36. The molecule has 0 aromatic rings. The molecular formula is C16H22O. The quantitative estimate of drug-likeness (QED) is 0.577. The summed E-state index contributed by atoms with van der Waals surface area (Å²) in [7, 11) is 0. The molecule has 0 bridgehead atoms. The van der Waals surface area contributed by atoms with Crippen LogP contribution in [0.1, 0.15) is 46.5 Å². The zero-order chi connectivity index (χ0) is 12.2. The molecule has 1 heteroatoms. The zero-order valence-corrected chi connectivity index (χ0v) is 11.1. The van der Waals surface area contributed by atoms with E-state index in [4.69, 9.17) is 0 Å². The molecule has 1 saturated carbocycles. The maximum absolute atomic E-state index is 12.1. The van der Waals surface area contributed by atoms with E-state index in [0.29, 0.717) is 11.7 Å². The first-order chi connectivity index (χ1) is 8.04. The Bertz CT molecular complexity index is 429. The molecule has 0 amide bonds. The van der Waals surface area contributed by atoms with Gasteiger partial charge in [0.15, 0.2) is 5.78 Å². The minimum atomic E-state index is -0.0628. The van der Waals surface area contributed by atoms with E-state index in [0.717, 1.165) is 18.3 Å². The molecule has 0 saturated heterocycles. The molecule has 0 spiro atoms. The van der Waals surface area contributed by atoms with E-state index in [-0.39, 0.29) is 5.41 Å². The lowest BCUT2D eigenvalue weighted by atomic mass is 9.55. The Balaban J connectivity index is 1.97. The summed E-state index contributed by atoms with van der Waals surface area (Å²) in [5, 5.41) is 0. The number of hydrogen-bond donors (Lipinski definition) is 0. The molecule has 3 rings (SSSR count). The highest BCUT2D eigenvalue weighted by Crippen LogP contribution is 2.56. The molecule has 4 atom stereocenters. The van der Waals surface area contributed by atoms with Crippen LogP contribution < -0.4 is 0 Å². The standard InChI is InChI=1S/C16H22O/c1-10-4-5-13-12(11(10)2)8-9-16(3)14(13)6-7-15(16)17/h6-7,12-14H,4-5,8-9H2,1-3H3. The van der Waals surface area contributed by atoms with Crippen LogP contribution in [0.15, 0.2) is 23.3 Å². The average molecular weight is 230 g/mol. The lowest BCUT2D eigenvalue weighted by Gasteiger charge is -2.48. The maximum Gasteiger partial charge on any atom is 0.161 e. The van der Waals surface area contributed by atoms with Gasteiger partial charge in [0.2, 0.25) is 0 Å². The third-order valence-corrected chi connectivity index (χ3v) is 5.79. The van der Waals surface area contributed by atoms with Gasteiger partial charge in [0, 0.05) is 5.41 Å². The Morgan fingerprint density at radius 2 is 2.06 bits per heavy atom. The van der Waals surface area contributed by atoms with E-state index in [1.165, 1.54) is 19.3 Å². The van der Waals surface area contributed by atoms with Crippen molar-refractivity contribution >= 4 is 5.78 Å². The normalized spacial score (nSPS) is 44.9. The van der Waals surface area contributed by atoms with E-state index >= 15 is 0 Å². The highest BCUT2D eigenvalue weighted by Gasteiger charge is 2.52.